The Morgan fingerprint density at radius 2 is 2.00 bits per heavy atom. The van der Waals surface area contributed by atoms with Crippen molar-refractivity contribution >= 4 is 0 Å². The molecule has 1 nitrogen and oxygen atoms in total. The van der Waals surface area contributed by atoms with E-state index in [1.54, 1.807) is 0 Å². The van der Waals surface area contributed by atoms with Crippen LogP contribution in [0.25, 0.3) is 0 Å². The third-order valence-corrected chi connectivity index (χ3v) is 4.07. The summed E-state index contributed by atoms with van der Waals surface area (Å²) in [7, 11) is 0. The van der Waals surface area contributed by atoms with E-state index in [0.29, 0.717) is 5.41 Å². The van der Waals surface area contributed by atoms with Crippen molar-refractivity contribution in [3.63, 3.8) is 0 Å². The Morgan fingerprint density at radius 3 is 2.67 bits per heavy atom. The molecule has 15 heavy (non-hydrogen) atoms. The molecule has 2 saturated carbocycles. The Labute approximate surface area is 91.9 Å². The van der Waals surface area contributed by atoms with Crippen LogP contribution in [0, 0.1) is 5.92 Å². The van der Waals surface area contributed by atoms with Gasteiger partial charge in [0.15, 0.2) is 0 Å². The quantitative estimate of drug-likeness (QED) is 0.790. The van der Waals surface area contributed by atoms with E-state index in [2.05, 4.69) is 42.6 Å². The summed E-state index contributed by atoms with van der Waals surface area (Å²) in [4.78, 5) is 0. The number of benzene rings is 1. The van der Waals surface area contributed by atoms with Crippen molar-refractivity contribution < 1.29 is 0 Å². The molecule has 0 aromatic heterocycles. The first-order valence-corrected chi connectivity index (χ1v) is 6.08. The van der Waals surface area contributed by atoms with E-state index in [4.69, 9.17) is 0 Å². The highest BCUT2D eigenvalue weighted by molar-refractivity contribution is 5.32. The lowest BCUT2D eigenvalue weighted by molar-refractivity contribution is 0.576. The molecule has 2 atom stereocenters. The van der Waals surface area contributed by atoms with Crippen LogP contribution >= 0.6 is 0 Å². The molecule has 0 radical (unpaired) electrons. The van der Waals surface area contributed by atoms with E-state index in [9.17, 15) is 0 Å². The predicted octanol–water partition coefficient (Wildman–Crippen LogP) is 2.72. The van der Waals surface area contributed by atoms with Gasteiger partial charge in [-0.05, 0) is 42.7 Å². The maximum absolute atomic E-state index is 3.64. The molecule has 2 aliphatic rings. The zero-order valence-corrected chi connectivity index (χ0v) is 9.37. The van der Waals surface area contributed by atoms with Gasteiger partial charge in [0.2, 0.25) is 0 Å². The Bertz CT molecular complexity index is 342. The maximum atomic E-state index is 3.64. The smallest absolute Gasteiger partial charge is 0.00683 e. The van der Waals surface area contributed by atoms with Crippen LogP contribution in [-0.4, -0.2) is 12.6 Å². The second-order valence-corrected chi connectivity index (χ2v) is 5.37. The molecule has 0 saturated heterocycles. The maximum Gasteiger partial charge on any atom is 0.00683 e. The van der Waals surface area contributed by atoms with Gasteiger partial charge in [-0.3, -0.25) is 0 Å². The van der Waals surface area contributed by atoms with E-state index in [-0.39, 0.29) is 0 Å². The molecule has 0 amide bonds. The average Bonchev–Trinajstić information content (AvgIpc) is 3.14. The van der Waals surface area contributed by atoms with E-state index in [1.807, 2.05) is 0 Å². The highest BCUT2D eigenvalue weighted by Crippen LogP contribution is 2.53. The Balaban J connectivity index is 1.62. The van der Waals surface area contributed by atoms with Gasteiger partial charge in [0, 0.05) is 6.04 Å². The first-order chi connectivity index (χ1) is 7.29. The lowest BCUT2D eigenvalue weighted by Crippen LogP contribution is -2.22. The van der Waals surface area contributed by atoms with Crippen LogP contribution in [0.4, 0.5) is 0 Å². The monoisotopic (exact) mass is 201 g/mol. The number of hydrogen-bond donors (Lipinski definition) is 1. The Morgan fingerprint density at radius 1 is 1.27 bits per heavy atom. The zero-order chi connectivity index (χ0) is 10.3. The molecular formula is C14H19N. The molecule has 2 unspecified atom stereocenters. The van der Waals surface area contributed by atoms with Crippen molar-refractivity contribution in [2.75, 3.05) is 6.54 Å². The SMILES string of the molecule is CC1(c2ccccc2)CC1CNC1CC1. The van der Waals surface area contributed by atoms with Crippen LogP contribution in [0.3, 0.4) is 0 Å². The summed E-state index contributed by atoms with van der Waals surface area (Å²) >= 11 is 0. The summed E-state index contributed by atoms with van der Waals surface area (Å²) in [5, 5.41) is 3.64. The molecule has 1 N–H and O–H groups in total. The largest absolute Gasteiger partial charge is 0.314 e. The van der Waals surface area contributed by atoms with E-state index in [0.717, 1.165) is 12.0 Å². The van der Waals surface area contributed by atoms with Crippen LogP contribution in [0.15, 0.2) is 30.3 Å². The standard InChI is InChI=1S/C14H19N/c1-14(11-5-3-2-4-6-11)9-12(14)10-15-13-7-8-13/h2-6,12-13,15H,7-10H2,1H3. The first kappa shape index (κ1) is 9.41. The van der Waals surface area contributed by atoms with Crippen molar-refractivity contribution in [2.45, 2.75) is 37.6 Å². The van der Waals surface area contributed by atoms with Gasteiger partial charge in [0.1, 0.15) is 0 Å². The number of hydrogen-bond acceptors (Lipinski definition) is 1. The average molecular weight is 201 g/mol. The molecule has 0 bridgehead atoms. The normalized spacial score (nSPS) is 34.1. The number of rotatable bonds is 4. The summed E-state index contributed by atoms with van der Waals surface area (Å²) in [6.07, 6.45) is 4.15. The van der Waals surface area contributed by atoms with Crippen LogP contribution in [0.2, 0.25) is 0 Å². The minimum Gasteiger partial charge on any atom is -0.314 e. The molecule has 1 heteroatoms. The van der Waals surface area contributed by atoms with Crippen molar-refractivity contribution in [3.05, 3.63) is 35.9 Å². The summed E-state index contributed by atoms with van der Waals surface area (Å²) in [5.74, 6) is 0.862. The molecule has 2 fully saturated rings. The van der Waals surface area contributed by atoms with Crippen LogP contribution in [0.1, 0.15) is 31.7 Å². The minimum atomic E-state index is 0.461. The van der Waals surface area contributed by atoms with Gasteiger partial charge in [-0.1, -0.05) is 37.3 Å². The molecular weight excluding hydrogens is 182 g/mol. The number of nitrogens with one attached hydrogen (secondary N) is 1. The summed E-state index contributed by atoms with van der Waals surface area (Å²) in [6.45, 7) is 3.62. The third kappa shape index (κ3) is 1.81. The van der Waals surface area contributed by atoms with Crippen molar-refractivity contribution in [1.82, 2.24) is 5.32 Å². The van der Waals surface area contributed by atoms with Crippen molar-refractivity contribution in [2.24, 2.45) is 5.92 Å². The highest BCUT2D eigenvalue weighted by Gasteiger charge is 2.50. The second-order valence-electron chi connectivity index (χ2n) is 5.37. The fraction of sp³-hybridized carbons (Fsp3) is 0.571. The molecule has 0 aliphatic heterocycles. The molecule has 3 rings (SSSR count). The molecule has 80 valence electrons. The van der Waals surface area contributed by atoms with Gasteiger partial charge in [0.25, 0.3) is 0 Å². The molecule has 2 aliphatic carbocycles. The van der Waals surface area contributed by atoms with Crippen LogP contribution in [-0.2, 0) is 5.41 Å². The topological polar surface area (TPSA) is 12.0 Å². The molecule has 0 heterocycles. The van der Waals surface area contributed by atoms with E-state index >= 15 is 0 Å². The lowest BCUT2D eigenvalue weighted by Gasteiger charge is -2.12. The Kier molecular flexibility index (Phi) is 2.10. The first-order valence-electron chi connectivity index (χ1n) is 6.08. The third-order valence-electron chi connectivity index (χ3n) is 4.07. The summed E-state index contributed by atoms with van der Waals surface area (Å²) in [5.41, 5.74) is 1.98. The molecule has 1 aromatic carbocycles. The fourth-order valence-corrected chi connectivity index (χ4v) is 2.52. The van der Waals surface area contributed by atoms with E-state index < -0.39 is 0 Å². The lowest BCUT2D eigenvalue weighted by atomic mass is 9.95. The second kappa shape index (κ2) is 3.34. The van der Waals surface area contributed by atoms with Gasteiger partial charge >= 0.3 is 0 Å². The van der Waals surface area contributed by atoms with Crippen molar-refractivity contribution in [1.29, 1.82) is 0 Å². The zero-order valence-electron chi connectivity index (χ0n) is 9.37. The fourth-order valence-electron chi connectivity index (χ4n) is 2.52. The van der Waals surface area contributed by atoms with Gasteiger partial charge < -0.3 is 5.32 Å². The molecule has 1 aromatic rings. The van der Waals surface area contributed by atoms with Crippen LogP contribution in [0.5, 0.6) is 0 Å². The van der Waals surface area contributed by atoms with Gasteiger partial charge in [-0.15, -0.1) is 0 Å². The minimum absolute atomic E-state index is 0.461. The summed E-state index contributed by atoms with van der Waals surface area (Å²) < 4.78 is 0. The van der Waals surface area contributed by atoms with Gasteiger partial charge in [-0.2, -0.15) is 0 Å². The molecule has 0 spiro atoms. The van der Waals surface area contributed by atoms with Gasteiger partial charge in [0.05, 0.1) is 0 Å². The summed E-state index contributed by atoms with van der Waals surface area (Å²) in [6, 6.07) is 11.8. The Hall–Kier alpha value is -0.820. The van der Waals surface area contributed by atoms with E-state index in [1.165, 1.54) is 31.4 Å². The highest BCUT2D eigenvalue weighted by atomic mass is 15.0. The van der Waals surface area contributed by atoms with Crippen LogP contribution < -0.4 is 5.32 Å². The predicted molar refractivity (Wildman–Crippen MR) is 62.9 cm³/mol. The van der Waals surface area contributed by atoms with Crippen molar-refractivity contribution in [3.8, 4) is 0 Å². The van der Waals surface area contributed by atoms with Gasteiger partial charge in [-0.25, -0.2) is 0 Å².